The Bertz CT molecular complexity index is 316. The zero-order chi connectivity index (χ0) is 22.9. The Morgan fingerprint density at radius 1 is 0.258 bits per heavy atom. The molecule has 0 unspecified atom stereocenters. The van der Waals surface area contributed by atoms with E-state index in [0.717, 1.165) is 0 Å². The zero-order valence-electron chi connectivity index (χ0n) is 22.8. The first-order valence-electron chi connectivity index (χ1n) is 15.1. The second kappa shape index (κ2) is 24.6. The predicted molar refractivity (Wildman–Crippen MR) is 144 cm³/mol. The summed E-state index contributed by atoms with van der Waals surface area (Å²) in [6.45, 7) is 15.1. The molecule has 0 fully saturated rings. The van der Waals surface area contributed by atoms with Crippen LogP contribution in [0.1, 0.15) is 169 Å². The van der Waals surface area contributed by atoms with E-state index in [2.05, 4.69) is 27.7 Å². The largest absolute Gasteiger partial charge is 0.324 e. The van der Waals surface area contributed by atoms with Gasteiger partial charge in [-0.1, -0.05) is 137 Å². The molecule has 0 atom stereocenters. The molecule has 0 heterocycles. The predicted octanol–water partition coefficient (Wildman–Crippen LogP) is 10.5. The van der Waals surface area contributed by atoms with Crippen LogP contribution in [0.25, 0.3) is 0 Å². The van der Waals surface area contributed by atoms with E-state index in [9.17, 15) is 0 Å². The van der Waals surface area contributed by atoms with E-state index in [1.807, 2.05) is 0 Å². The zero-order valence-corrected chi connectivity index (χ0v) is 22.8. The fourth-order valence-corrected chi connectivity index (χ4v) is 5.30. The summed E-state index contributed by atoms with van der Waals surface area (Å²) >= 11 is 0. The molecule has 0 aliphatic carbocycles. The Hall–Kier alpha value is -0.0400. The molecular formula is C30H64N+. The molecular weight excluding hydrogens is 374 g/mol. The maximum Gasteiger partial charge on any atom is 0.0786 e. The van der Waals surface area contributed by atoms with Gasteiger partial charge in [0.2, 0.25) is 0 Å². The van der Waals surface area contributed by atoms with Gasteiger partial charge in [-0.25, -0.2) is 0 Å². The van der Waals surface area contributed by atoms with E-state index in [-0.39, 0.29) is 0 Å². The minimum Gasteiger partial charge on any atom is -0.324 e. The van der Waals surface area contributed by atoms with Gasteiger partial charge in [0.1, 0.15) is 0 Å². The van der Waals surface area contributed by atoms with Gasteiger partial charge >= 0.3 is 0 Å². The maximum absolute atomic E-state index is 2.39. The van der Waals surface area contributed by atoms with Crippen LogP contribution in [-0.2, 0) is 0 Å². The minimum atomic E-state index is 1.35. The summed E-state index contributed by atoms with van der Waals surface area (Å²) in [7, 11) is 0. The average Bonchev–Trinajstić information content (AvgIpc) is 2.78. The van der Waals surface area contributed by atoms with Crippen LogP contribution >= 0.6 is 0 Å². The third-order valence-electron chi connectivity index (χ3n) is 7.41. The van der Waals surface area contributed by atoms with E-state index in [1.165, 1.54) is 172 Å². The summed E-state index contributed by atoms with van der Waals surface area (Å²) in [6, 6.07) is 0. The average molecular weight is 439 g/mol. The molecule has 0 aliphatic rings. The van der Waals surface area contributed by atoms with Crippen molar-refractivity contribution in [3.8, 4) is 0 Å². The number of nitrogens with zero attached hydrogens (tertiary/aromatic N) is 1. The Kier molecular flexibility index (Phi) is 24.6. The van der Waals surface area contributed by atoms with Gasteiger partial charge in [0, 0.05) is 0 Å². The van der Waals surface area contributed by atoms with Crippen LogP contribution in [0.3, 0.4) is 0 Å². The fourth-order valence-electron chi connectivity index (χ4n) is 5.30. The van der Waals surface area contributed by atoms with E-state index in [4.69, 9.17) is 0 Å². The van der Waals surface area contributed by atoms with Gasteiger partial charge in [-0.15, -0.1) is 0 Å². The molecule has 188 valence electrons. The molecule has 0 radical (unpaired) electrons. The second-order valence-corrected chi connectivity index (χ2v) is 10.6. The minimum absolute atomic E-state index is 1.35. The van der Waals surface area contributed by atoms with Gasteiger partial charge in [-0.05, 0) is 32.1 Å². The van der Waals surface area contributed by atoms with Crippen molar-refractivity contribution in [1.29, 1.82) is 0 Å². The standard InChI is InChI=1S/C30H64N/c1-5-9-12-13-14-15-16-17-18-19-20-21-22-23-24-25-26-30-31(27-8-4,28-10-6-2)29-11-7-3/h5-30H2,1-4H3/q+1. The molecule has 0 rings (SSSR count). The Labute approximate surface area is 199 Å². The summed E-state index contributed by atoms with van der Waals surface area (Å²) in [5, 5.41) is 0. The van der Waals surface area contributed by atoms with Crippen LogP contribution in [0.4, 0.5) is 0 Å². The van der Waals surface area contributed by atoms with Gasteiger partial charge in [0.25, 0.3) is 0 Å². The van der Waals surface area contributed by atoms with Crippen LogP contribution in [0.15, 0.2) is 0 Å². The smallest absolute Gasteiger partial charge is 0.0786 e. The summed E-state index contributed by atoms with van der Waals surface area (Å²) in [5.41, 5.74) is 0. The molecule has 31 heavy (non-hydrogen) atoms. The van der Waals surface area contributed by atoms with Crippen LogP contribution in [-0.4, -0.2) is 30.7 Å². The van der Waals surface area contributed by atoms with Crippen molar-refractivity contribution in [2.45, 2.75) is 169 Å². The molecule has 0 aliphatic heterocycles. The summed E-state index contributed by atoms with van der Waals surface area (Å²) < 4.78 is 1.43. The highest BCUT2D eigenvalue weighted by atomic mass is 15.3. The van der Waals surface area contributed by atoms with Crippen LogP contribution in [0, 0.1) is 0 Å². The van der Waals surface area contributed by atoms with Crippen molar-refractivity contribution in [3.63, 3.8) is 0 Å². The molecule has 1 nitrogen and oxygen atoms in total. The monoisotopic (exact) mass is 439 g/mol. The highest BCUT2D eigenvalue weighted by Crippen LogP contribution is 2.18. The van der Waals surface area contributed by atoms with Crippen molar-refractivity contribution in [2.24, 2.45) is 0 Å². The molecule has 0 spiro atoms. The Balaban J connectivity index is 3.58. The Morgan fingerprint density at radius 2 is 0.548 bits per heavy atom. The van der Waals surface area contributed by atoms with Gasteiger partial charge in [-0.3, -0.25) is 0 Å². The lowest BCUT2D eigenvalue weighted by Gasteiger charge is -2.39. The van der Waals surface area contributed by atoms with Crippen molar-refractivity contribution in [3.05, 3.63) is 0 Å². The third kappa shape index (κ3) is 20.3. The molecule has 0 saturated heterocycles. The van der Waals surface area contributed by atoms with Gasteiger partial charge in [0.05, 0.1) is 26.2 Å². The normalized spacial score (nSPS) is 12.0. The van der Waals surface area contributed by atoms with Crippen LogP contribution in [0.5, 0.6) is 0 Å². The first kappa shape index (κ1) is 31.0. The molecule has 0 aromatic heterocycles. The number of hydrogen-bond acceptors (Lipinski definition) is 0. The first-order valence-corrected chi connectivity index (χ1v) is 15.1. The Morgan fingerprint density at radius 3 is 0.871 bits per heavy atom. The molecule has 1 heteroatoms. The lowest BCUT2D eigenvalue weighted by Crippen LogP contribution is -2.50. The number of hydrogen-bond donors (Lipinski definition) is 0. The van der Waals surface area contributed by atoms with Crippen molar-refractivity contribution in [2.75, 3.05) is 26.2 Å². The first-order chi connectivity index (χ1) is 15.2. The molecule has 0 bridgehead atoms. The molecule has 0 aromatic carbocycles. The van der Waals surface area contributed by atoms with Crippen LogP contribution in [0.2, 0.25) is 0 Å². The van der Waals surface area contributed by atoms with E-state index in [1.54, 1.807) is 0 Å². The highest BCUT2D eigenvalue weighted by molar-refractivity contribution is 4.52. The maximum atomic E-state index is 2.39. The van der Waals surface area contributed by atoms with E-state index >= 15 is 0 Å². The number of rotatable bonds is 26. The van der Waals surface area contributed by atoms with E-state index in [0.29, 0.717) is 0 Å². The third-order valence-corrected chi connectivity index (χ3v) is 7.41. The molecule has 0 N–H and O–H groups in total. The quantitative estimate of drug-likeness (QED) is 0.0930. The summed E-state index contributed by atoms with van der Waals surface area (Å²) in [5.74, 6) is 0. The SMILES string of the molecule is CCCCCCCCCCCCCCCCCCC[N+](CCC)(CCCC)CCCC. The fraction of sp³-hybridized carbons (Fsp3) is 1.00. The topological polar surface area (TPSA) is 0 Å². The van der Waals surface area contributed by atoms with E-state index < -0.39 is 0 Å². The van der Waals surface area contributed by atoms with Crippen molar-refractivity contribution < 1.29 is 4.48 Å². The van der Waals surface area contributed by atoms with Crippen molar-refractivity contribution in [1.82, 2.24) is 0 Å². The number of quaternary nitrogens is 1. The summed E-state index contributed by atoms with van der Waals surface area (Å²) in [6.07, 6.45) is 31.9. The second-order valence-electron chi connectivity index (χ2n) is 10.6. The molecule has 0 saturated carbocycles. The summed E-state index contributed by atoms with van der Waals surface area (Å²) in [4.78, 5) is 0. The lowest BCUT2D eigenvalue weighted by atomic mass is 10.0. The van der Waals surface area contributed by atoms with Crippen LogP contribution < -0.4 is 0 Å². The van der Waals surface area contributed by atoms with Gasteiger partial charge in [0.15, 0.2) is 0 Å². The molecule has 0 aromatic rings. The number of unbranched alkanes of at least 4 members (excludes halogenated alkanes) is 18. The molecule has 0 amide bonds. The highest BCUT2D eigenvalue weighted by Gasteiger charge is 2.24. The van der Waals surface area contributed by atoms with Crippen molar-refractivity contribution >= 4 is 0 Å². The van der Waals surface area contributed by atoms with Gasteiger partial charge < -0.3 is 4.48 Å². The van der Waals surface area contributed by atoms with Gasteiger partial charge in [-0.2, -0.15) is 0 Å². The lowest BCUT2D eigenvalue weighted by molar-refractivity contribution is -0.929.